The highest BCUT2D eigenvalue weighted by Gasteiger charge is 2.07. The van der Waals surface area contributed by atoms with Gasteiger partial charge in [-0.3, -0.25) is 4.98 Å². The molecule has 3 nitrogen and oxygen atoms in total. The minimum atomic E-state index is -1.14. The molecule has 2 aromatic rings. The first-order valence-corrected chi connectivity index (χ1v) is 9.08. The maximum absolute atomic E-state index is 6.18. The van der Waals surface area contributed by atoms with Crippen molar-refractivity contribution < 1.29 is 4.43 Å². The number of pyridine rings is 1. The SMILES string of the molecule is C[SiH](C)Oc1ccccc1/C(N)=C/c1ccncc1. The van der Waals surface area contributed by atoms with E-state index in [1.54, 1.807) is 12.4 Å². The van der Waals surface area contributed by atoms with E-state index in [9.17, 15) is 0 Å². The summed E-state index contributed by atoms with van der Waals surface area (Å²) in [6.45, 7) is 4.28. The van der Waals surface area contributed by atoms with Gasteiger partial charge in [0.1, 0.15) is 5.75 Å². The number of nitrogens with zero attached hydrogens (tertiary/aromatic N) is 1. The van der Waals surface area contributed by atoms with Crippen molar-refractivity contribution in [1.82, 2.24) is 4.98 Å². The summed E-state index contributed by atoms with van der Waals surface area (Å²) in [7, 11) is -1.14. The van der Waals surface area contributed by atoms with Crippen LogP contribution in [0.5, 0.6) is 5.75 Å². The van der Waals surface area contributed by atoms with Crippen molar-refractivity contribution in [3.63, 3.8) is 0 Å². The van der Waals surface area contributed by atoms with E-state index >= 15 is 0 Å². The lowest BCUT2D eigenvalue weighted by Gasteiger charge is -2.14. The predicted octanol–water partition coefficient (Wildman–Crippen LogP) is 2.90. The lowest BCUT2D eigenvalue weighted by Crippen LogP contribution is -2.13. The molecule has 0 spiro atoms. The molecule has 1 aromatic heterocycles. The van der Waals surface area contributed by atoms with Gasteiger partial charge in [0.25, 0.3) is 0 Å². The van der Waals surface area contributed by atoms with Gasteiger partial charge in [0.2, 0.25) is 9.04 Å². The van der Waals surface area contributed by atoms with E-state index in [4.69, 9.17) is 10.2 Å². The summed E-state index contributed by atoms with van der Waals surface area (Å²) in [5, 5.41) is 0. The van der Waals surface area contributed by atoms with E-state index in [0.717, 1.165) is 16.9 Å². The summed E-state index contributed by atoms with van der Waals surface area (Å²) >= 11 is 0. The van der Waals surface area contributed by atoms with E-state index in [2.05, 4.69) is 18.1 Å². The van der Waals surface area contributed by atoms with Gasteiger partial charge in [0.05, 0.1) is 0 Å². The van der Waals surface area contributed by atoms with Crippen molar-refractivity contribution in [2.24, 2.45) is 5.73 Å². The summed E-state index contributed by atoms with van der Waals surface area (Å²) in [6.07, 6.45) is 5.44. The monoisotopic (exact) mass is 270 g/mol. The van der Waals surface area contributed by atoms with Gasteiger partial charge < -0.3 is 10.2 Å². The molecule has 0 amide bonds. The van der Waals surface area contributed by atoms with Crippen LogP contribution in [0.1, 0.15) is 11.1 Å². The molecule has 19 heavy (non-hydrogen) atoms. The minimum absolute atomic E-state index is 0.705. The normalized spacial score (nSPS) is 11.6. The zero-order valence-corrected chi connectivity index (χ0v) is 12.4. The van der Waals surface area contributed by atoms with Crippen LogP contribution >= 0.6 is 0 Å². The maximum Gasteiger partial charge on any atom is 0.229 e. The van der Waals surface area contributed by atoms with Crippen LogP contribution < -0.4 is 10.2 Å². The van der Waals surface area contributed by atoms with Crippen molar-refractivity contribution >= 4 is 20.8 Å². The fourth-order valence-electron chi connectivity index (χ4n) is 1.78. The summed E-state index contributed by atoms with van der Waals surface area (Å²) in [4.78, 5) is 3.99. The van der Waals surface area contributed by atoms with E-state index in [1.807, 2.05) is 42.5 Å². The number of benzene rings is 1. The molecule has 0 aliphatic heterocycles. The van der Waals surface area contributed by atoms with Gasteiger partial charge in [0.15, 0.2) is 0 Å². The molecular weight excluding hydrogens is 252 g/mol. The molecule has 98 valence electrons. The first-order valence-electron chi connectivity index (χ1n) is 6.30. The van der Waals surface area contributed by atoms with Crippen LogP contribution in [-0.4, -0.2) is 14.0 Å². The number of hydrogen-bond donors (Lipinski definition) is 1. The molecule has 1 heterocycles. The van der Waals surface area contributed by atoms with Crippen LogP contribution in [0.25, 0.3) is 11.8 Å². The van der Waals surface area contributed by atoms with Crippen molar-refractivity contribution in [2.45, 2.75) is 13.1 Å². The molecule has 1 aromatic carbocycles. The second kappa shape index (κ2) is 6.20. The van der Waals surface area contributed by atoms with Crippen molar-refractivity contribution in [1.29, 1.82) is 0 Å². The van der Waals surface area contributed by atoms with Crippen LogP contribution in [0.15, 0.2) is 48.8 Å². The lowest BCUT2D eigenvalue weighted by molar-refractivity contribution is 0.578. The lowest BCUT2D eigenvalue weighted by atomic mass is 10.1. The van der Waals surface area contributed by atoms with Gasteiger partial charge in [-0.25, -0.2) is 0 Å². The average molecular weight is 270 g/mol. The number of aromatic nitrogens is 1. The zero-order chi connectivity index (χ0) is 13.7. The highest BCUT2D eigenvalue weighted by molar-refractivity contribution is 6.49. The Morgan fingerprint density at radius 1 is 1.16 bits per heavy atom. The second-order valence-electron chi connectivity index (χ2n) is 4.54. The third-order valence-electron chi connectivity index (χ3n) is 2.59. The fraction of sp³-hybridized carbons (Fsp3) is 0.133. The topological polar surface area (TPSA) is 48.1 Å². The Morgan fingerprint density at radius 3 is 2.53 bits per heavy atom. The summed E-state index contributed by atoms with van der Waals surface area (Å²) in [5.74, 6) is 0.868. The largest absolute Gasteiger partial charge is 0.547 e. The first kappa shape index (κ1) is 13.4. The van der Waals surface area contributed by atoms with Gasteiger partial charge in [0, 0.05) is 23.7 Å². The smallest absolute Gasteiger partial charge is 0.229 e. The Kier molecular flexibility index (Phi) is 4.36. The molecule has 0 radical (unpaired) electrons. The summed E-state index contributed by atoms with van der Waals surface area (Å²) < 4.78 is 5.91. The number of para-hydroxylation sites is 1. The molecule has 0 fully saturated rings. The van der Waals surface area contributed by atoms with Crippen molar-refractivity contribution in [3.05, 3.63) is 59.9 Å². The minimum Gasteiger partial charge on any atom is -0.547 e. The van der Waals surface area contributed by atoms with E-state index in [1.165, 1.54) is 0 Å². The molecule has 0 aliphatic carbocycles. The van der Waals surface area contributed by atoms with Crippen LogP contribution in [0.4, 0.5) is 0 Å². The van der Waals surface area contributed by atoms with E-state index < -0.39 is 9.04 Å². The molecule has 0 atom stereocenters. The maximum atomic E-state index is 6.18. The van der Waals surface area contributed by atoms with Gasteiger partial charge in [-0.2, -0.15) is 0 Å². The third-order valence-corrected chi connectivity index (χ3v) is 3.31. The zero-order valence-electron chi connectivity index (χ0n) is 11.2. The third kappa shape index (κ3) is 3.69. The second-order valence-corrected chi connectivity index (χ2v) is 6.88. The van der Waals surface area contributed by atoms with E-state index in [-0.39, 0.29) is 0 Å². The summed E-state index contributed by atoms with van der Waals surface area (Å²) in [5.41, 5.74) is 8.86. The van der Waals surface area contributed by atoms with Gasteiger partial charge in [-0.1, -0.05) is 12.1 Å². The molecule has 4 heteroatoms. The molecule has 2 rings (SSSR count). The Balaban J connectivity index is 2.33. The standard InChI is InChI=1S/C15H18N2OSi/c1-19(2)18-15-6-4-3-5-13(15)14(16)11-12-7-9-17-10-8-12/h3-11,19H,16H2,1-2H3/b14-11-. The molecular formula is C15H18N2OSi. The first-order chi connectivity index (χ1) is 9.16. The summed E-state index contributed by atoms with van der Waals surface area (Å²) in [6, 6.07) is 11.7. The molecule has 0 bridgehead atoms. The number of hydrogen-bond acceptors (Lipinski definition) is 3. The highest BCUT2D eigenvalue weighted by Crippen LogP contribution is 2.24. The molecule has 0 saturated heterocycles. The molecule has 0 aliphatic rings. The quantitative estimate of drug-likeness (QED) is 0.869. The van der Waals surface area contributed by atoms with Crippen LogP contribution in [-0.2, 0) is 0 Å². The highest BCUT2D eigenvalue weighted by atomic mass is 28.3. The molecule has 2 N–H and O–H groups in total. The Morgan fingerprint density at radius 2 is 1.84 bits per heavy atom. The molecule has 0 saturated carbocycles. The van der Waals surface area contributed by atoms with E-state index in [0.29, 0.717) is 5.70 Å². The van der Waals surface area contributed by atoms with Gasteiger partial charge in [-0.15, -0.1) is 0 Å². The molecule has 0 unspecified atom stereocenters. The Labute approximate surface area is 115 Å². The Bertz CT molecular complexity index is 567. The Hall–Kier alpha value is -2.07. The van der Waals surface area contributed by atoms with Crippen LogP contribution in [0, 0.1) is 0 Å². The van der Waals surface area contributed by atoms with Gasteiger partial charge >= 0.3 is 0 Å². The predicted molar refractivity (Wildman–Crippen MR) is 82.2 cm³/mol. The fourth-order valence-corrected chi connectivity index (χ4v) is 2.49. The van der Waals surface area contributed by atoms with Gasteiger partial charge in [-0.05, 0) is 49.0 Å². The van der Waals surface area contributed by atoms with Crippen LogP contribution in [0.3, 0.4) is 0 Å². The average Bonchev–Trinajstić information content (AvgIpc) is 2.39. The number of nitrogens with two attached hydrogens (primary N) is 1. The van der Waals surface area contributed by atoms with Crippen molar-refractivity contribution in [2.75, 3.05) is 0 Å². The van der Waals surface area contributed by atoms with Crippen molar-refractivity contribution in [3.8, 4) is 5.75 Å². The van der Waals surface area contributed by atoms with Crippen LogP contribution in [0.2, 0.25) is 13.1 Å². The number of rotatable bonds is 4.